The van der Waals surface area contributed by atoms with Crippen LogP contribution in [0.4, 0.5) is 0 Å². The molecule has 0 saturated carbocycles. The smallest absolute Gasteiger partial charge is 0.320 e. The fourth-order valence-corrected chi connectivity index (χ4v) is 2.34. The highest BCUT2D eigenvalue weighted by atomic mass is 35.5. The summed E-state index contributed by atoms with van der Waals surface area (Å²) in [5.41, 5.74) is 6.35. The van der Waals surface area contributed by atoms with Crippen LogP contribution < -0.4 is 5.73 Å². The van der Waals surface area contributed by atoms with Crippen LogP contribution in [0.25, 0.3) is 10.9 Å². The molecule has 1 aromatic heterocycles. The van der Waals surface area contributed by atoms with Crippen molar-refractivity contribution in [3.63, 3.8) is 0 Å². The number of carboxylic acid groups (broad SMARTS) is 1. The van der Waals surface area contributed by atoms with Gasteiger partial charge in [0.1, 0.15) is 11.6 Å². The lowest BCUT2D eigenvalue weighted by Crippen LogP contribution is -2.32. The molecule has 7 heteroatoms. The van der Waals surface area contributed by atoms with Crippen LogP contribution in [0.3, 0.4) is 0 Å². The van der Waals surface area contributed by atoms with Crippen LogP contribution in [-0.4, -0.2) is 27.1 Å². The number of carboxylic acids is 1. The van der Waals surface area contributed by atoms with Gasteiger partial charge in [0, 0.05) is 18.0 Å². The van der Waals surface area contributed by atoms with E-state index < -0.39 is 12.0 Å². The van der Waals surface area contributed by atoms with Crippen LogP contribution in [0.2, 0.25) is 10.0 Å². The lowest BCUT2D eigenvalue weighted by atomic mass is 10.1. The van der Waals surface area contributed by atoms with E-state index in [-0.39, 0.29) is 6.42 Å². The maximum absolute atomic E-state index is 10.7. The predicted molar refractivity (Wildman–Crippen MR) is 68.5 cm³/mol. The van der Waals surface area contributed by atoms with Crippen molar-refractivity contribution in [3.05, 3.63) is 33.9 Å². The van der Waals surface area contributed by atoms with Crippen molar-refractivity contribution in [3.8, 4) is 0 Å². The Bertz CT molecular complexity index is 624. The number of aliphatic carboxylic acids is 1. The fourth-order valence-electron chi connectivity index (χ4n) is 1.83. The quantitative estimate of drug-likeness (QED) is 0.755. The van der Waals surface area contributed by atoms with Gasteiger partial charge in [0.15, 0.2) is 0 Å². The highest BCUT2D eigenvalue weighted by Gasteiger charge is 2.19. The number of carbonyl (C=O) groups is 1. The summed E-state index contributed by atoms with van der Waals surface area (Å²) < 4.78 is 0.827. The summed E-state index contributed by atoms with van der Waals surface area (Å²) >= 11 is 12.0. The number of hydrogen-bond donors (Lipinski definition) is 3. The van der Waals surface area contributed by atoms with Gasteiger partial charge in [-0.15, -0.1) is 0 Å². The summed E-state index contributed by atoms with van der Waals surface area (Å²) in [4.78, 5) is 10.7. The molecule has 1 atom stereocenters. The van der Waals surface area contributed by atoms with Crippen LogP contribution in [0.5, 0.6) is 0 Å². The van der Waals surface area contributed by atoms with Gasteiger partial charge < -0.3 is 16.0 Å². The van der Waals surface area contributed by atoms with Crippen molar-refractivity contribution in [2.75, 3.05) is 0 Å². The van der Waals surface area contributed by atoms with E-state index in [2.05, 4.69) is 0 Å². The van der Waals surface area contributed by atoms with Gasteiger partial charge in [0.05, 0.1) is 10.0 Å². The Morgan fingerprint density at radius 1 is 1.39 bits per heavy atom. The summed E-state index contributed by atoms with van der Waals surface area (Å²) in [5.74, 6) is -1.12. The Labute approximate surface area is 112 Å². The van der Waals surface area contributed by atoms with Crippen LogP contribution in [0.1, 0.15) is 5.56 Å². The lowest BCUT2D eigenvalue weighted by molar-refractivity contribution is -0.138. The number of benzene rings is 1. The van der Waals surface area contributed by atoms with Crippen molar-refractivity contribution in [1.82, 2.24) is 4.73 Å². The minimum Gasteiger partial charge on any atom is -0.480 e. The van der Waals surface area contributed by atoms with Crippen molar-refractivity contribution < 1.29 is 15.1 Å². The molecule has 0 aliphatic heterocycles. The second kappa shape index (κ2) is 4.68. The Hall–Kier alpha value is -1.43. The zero-order valence-corrected chi connectivity index (χ0v) is 10.6. The summed E-state index contributed by atoms with van der Waals surface area (Å²) in [7, 11) is 0. The second-order valence-electron chi connectivity index (χ2n) is 3.90. The van der Waals surface area contributed by atoms with E-state index in [1.807, 2.05) is 0 Å². The molecule has 2 aromatic rings. The molecule has 2 rings (SSSR count). The third kappa shape index (κ3) is 2.12. The normalized spacial score (nSPS) is 12.8. The first-order chi connectivity index (χ1) is 8.41. The maximum atomic E-state index is 10.7. The molecule has 4 N–H and O–H groups in total. The zero-order valence-electron chi connectivity index (χ0n) is 9.10. The molecule has 0 saturated heterocycles. The molecule has 1 aromatic carbocycles. The van der Waals surface area contributed by atoms with Crippen LogP contribution in [0.15, 0.2) is 18.3 Å². The monoisotopic (exact) mass is 288 g/mol. The van der Waals surface area contributed by atoms with Gasteiger partial charge in [-0.3, -0.25) is 4.79 Å². The van der Waals surface area contributed by atoms with Crippen molar-refractivity contribution in [2.24, 2.45) is 5.73 Å². The Morgan fingerprint density at radius 3 is 2.61 bits per heavy atom. The molecule has 1 heterocycles. The zero-order chi connectivity index (χ0) is 13.4. The van der Waals surface area contributed by atoms with Crippen molar-refractivity contribution in [1.29, 1.82) is 0 Å². The minimum atomic E-state index is -1.12. The minimum absolute atomic E-state index is 0.0550. The predicted octanol–water partition coefficient (Wildman–Crippen LogP) is 2.14. The van der Waals surface area contributed by atoms with Gasteiger partial charge >= 0.3 is 5.97 Å². The standard InChI is InChI=1S/C11H10Cl2N2O3/c12-6-1-2-7(13)10-9(6)5(4-15(10)18)3-8(14)11(16)17/h1-2,4,8,18H,3,14H2,(H,16,17). The van der Waals surface area contributed by atoms with E-state index in [0.717, 1.165) is 4.73 Å². The van der Waals surface area contributed by atoms with Crippen molar-refractivity contribution >= 4 is 40.1 Å². The molecule has 18 heavy (non-hydrogen) atoms. The molecule has 0 radical (unpaired) electrons. The Kier molecular flexibility index (Phi) is 3.38. The van der Waals surface area contributed by atoms with E-state index in [1.54, 1.807) is 12.1 Å². The van der Waals surface area contributed by atoms with E-state index in [1.165, 1.54) is 6.20 Å². The van der Waals surface area contributed by atoms with E-state index in [0.29, 0.717) is 26.5 Å². The van der Waals surface area contributed by atoms with Crippen LogP contribution >= 0.6 is 23.2 Å². The van der Waals surface area contributed by atoms with E-state index in [4.69, 9.17) is 34.0 Å². The van der Waals surface area contributed by atoms with Gasteiger partial charge in [-0.2, -0.15) is 4.73 Å². The summed E-state index contributed by atoms with van der Waals surface area (Å²) in [5, 5.41) is 19.8. The summed E-state index contributed by atoms with van der Waals surface area (Å²) in [6.07, 6.45) is 1.42. The van der Waals surface area contributed by atoms with Gasteiger partial charge in [-0.05, 0) is 17.7 Å². The average molecular weight is 289 g/mol. The molecular formula is C11H10Cl2N2O3. The second-order valence-corrected chi connectivity index (χ2v) is 4.71. The lowest BCUT2D eigenvalue weighted by Gasteiger charge is -2.05. The number of fused-ring (bicyclic) bond motifs is 1. The molecule has 0 bridgehead atoms. The number of rotatable bonds is 3. The maximum Gasteiger partial charge on any atom is 0.320 e. The number of nitrogens with zero attached hydrogens (tertiary/aromatic N) is 1. The first kappa shape index (κ1) is 13.0. The van der Waals surface area contributed by atoms with Gasteiger partial charge in [-0.25, -0.2) is 0 Å². The molecule has 5 nitrogen and oxygen atoms in total. The molecular weight excluding hydrogens is 279 g/mol. The first-order valence-electron chi connectivity index (χ1n) is 5.07. The highest BCUT2D eigenvalue weighted by molar-refractivity contribution is 6.40. The summed E-state index contributed by atoms with van der Waals surface area (Å²) in [6, 6.07) is 2.08. The molecule has 1 unspecified atom stereocenters. The summed E-state index contributed by atoms with van der Waals surface area (Å²) in [6.45, 7) is 0. The van der Waals surface area contributed by atoms with Crippen LogP contribution in [0, 0.1) is 0 Å². The van der Waals surface area contributed by atoms with Crippen molar-refractivity contribution in [2.45, 2.75) is 12.5 Å². The number of halogens is 2. The average Bonchev–Trinajstić information content (AvgIpc) is 2.62. The van der Waals surface area contributed by atoms with Gasteiger partial charge in [-0.1, -0.05) is 23.2 Å². The number of aromatic nitrogens is 1. The van der Waals surface area contributed by atoms with E-state index >= 15 is 0 Å². The third-order valence-corrected chi connectivity index (χ3v) is 3.28. The molecule has 0 aliphatic rings. The SMILES string of the molecule is NC(Cc1cn(O)c2c(Cl)ccc(Cl)c12)C(=O)O. The van der Waals surface area contributed by atoms with Gasteiger partial charge in [0.2, 0.25) is 0 Å². The highest BCUT2D eigenvalue weighted by Crippen LogP contribution is 2.33. The largest absolute Gasteiger partial charge is 0.480 e. The molecule has 0 fully saturated rings. The Balaban J connectivity index is 2.59. The Morgan fingerprint density at radius 2 is 2.00 bits per heavy atom. The van der Waals surface area contributed by atoms with E-state index in [9.17, 15) is 10.0 Å². The van der Waals surface area contributed by atoms with Gasteiger partial charge in [0.25, 0.3) is 0 Å². The molecule has 0 aliphatic carbocycles. The number of hydrogen-bond acceptors (Lipinski definition) is 3. The fraction of sp³-hybridized carbons (Fsp3) is 0.182. The third-order valence-electron chi connectivity index (χ3n) is 2.66. The van der Waals surface area contributed by atoms with Crippen LogP contribution in [-0.2, 0) is 11.2 Å². The molecule has 0 amide bonds. The topological polar surface area (TPSA) is 88.5 Å². The first-order valence-corrected chi connectivity index (χ1v) is 5.83. The number of nitrogens with two attached hydrogens (primary N) is 1. The molecule has 96 valence electrons. The molecule has 0 spiro atoms.